The molecule has 2 atom stereocenters. The third-order valence-electron chi connectivity index (χ3n) is 3.97. The third-order valence-corrected chi connectivity index (χ3v) is 3.97. The van der Waals surface area contributed by atoms with E-state index in [0.29, 0.717) is 6.04 Å². The summed E-state index contributed by atoms with van der Waals surface area (Å²) in [6.07, 6.45) is 3.62. The molecule has 1 rings (SSSR count). The van der Waals surface area contributed by atoms with Crippen molar-refractivity contribution in [1.29, 1.82) is 0 Å². The molecule has 0 aliphatic rings. The Labute approximate surface area is 124 Å². The standard InChI is InChI=1S/C17H30N2O/c1-5-7-11-19(14(3)6-2)13-17(18)15-9-8-10-16(12-15)20-4/h8-10,12,14,17H,5-7,11,13,18H2,1-4H3. The molecule has 3 heteroatoms. The van der Waals surface area contributed by atoms with E-state index in [1.54, 1.807) is 7.11 Å². The van der Waals surface area contributed by atoms with Crippen molar-refractivity contribution in [2.75, 3.05) is 20.2 Å². The Morgan fingerprint density at radius 3 is 2.65 bits per heavy atom. The highest BCUT2D eigenvalue weighted by Crippen LogP contribution is 2.19. The number of nitrogens with zero attached hydrogens (tertiary/aromatic N) is 1. The van der Waals surface area contributed by atoms with Crippen molar-refractivity contribution in [2.24, 2.45) is 5.73 Å². The number of benzene rings is 1. The van der Waals surface area contributed by atoms with Crippen LogP contribution in [0.5, 0.6) is 5.75 Å². The summed E-state index contributed by atoms with van der Waals surface area (Å²) < 4.78 is 5.27. The van der Waals surface area contributed by atoms with E-state index in [1.165, 1.54) is 12.8 Å². The molecule has 0 saturated carbocycles. The van der Waals surface area contributed by atoms with Crippen LogP contribution in [0.3, 0.4) is 0 Å². The molecule has 0 spiro atoms. The number of hydrogen-bond donors (Lipinski definition) is 1. The van der Waals surface area contributed by atoms with Crippen molar-refractivity contribution in [3.63, 3.8) is 0 Å². The van der Waals surface area contributed by atoms with Crippen molar-refractivity contribution in [2.45, 2.75) is 52.1 Å². The maximum Gasteiger partial charge on any atom is 0.119 e. The molecule has 1 aromatic rings. The van der Waals surface area contributed by atoms with Crippen LogP contribution in [-0.2, 0) is 0 Å². The smallest absolute Gasteiger partial charge is 0.119 e. The first kappa shape index (κ1) is 17.0. The van der Waals surface area contributed by atoms with Gasteiger partial charge in [0.1, 0.15) is 5.75 Å². The summed E-state index contributed by atoms with van der Waals surface area (Å²) in [5, 5.41) is 0. The monoisotopic (exact) mass is 278 g/mol. The number of hydrogen-bond acceptors (Lipinski definition) is 3. The van der Waals surface area contributed by atoms with Gasteiger partial charge in [-0.15, -0.1) is 0 Å². The number of ether oxygens (including phenoxy) is 1. The number of nitrogens with two attached hydrogens (primary N) is 1. The molecule has 0 aliphatic carbocycles. The van der Waals surface area contributed by atoms with Gasteiger partial charge in [-0.05, 0) is 44.0 Å². The second-order valence-electron chi connectivity index (χ2n) is 5.49. The van der Waals surface area contributed by atoms with Crippen LogP contribution < -0.4 is 10.5 Å². The van der Waals surface area contributed by atoms with Crippen molar-refractivity contribution < 1.29 is 4.74 Å². The molecule has 0 radical (unpaired) electrons. The van der Waals surface area contributed by atoms with Gasteiger partial charge in [0, 0.05) is 18.6 Å². The van der Waals surface area contributed by atoms with E-state index in [4.69, 9.17) is 10.5 Å². The van der Waals surface area contributed by atoms with Crippen LogP contribution in [0.2, 0.25) is 0 Å². The van der Waals surface area contributed by atoms with Gasteiger partial charge >= 0.3 is 0 Å². The molecule has 1 aromatic carbocycles. The summed E-state index contributed by atoms with van der Waals surface area (Å²) in [4.78, 5) is 2.51. The SMILES string of the molecule is CCCCN(CC(N)c1cccc(OC)c1)C(C)CC. The predicted octanol–water partition coefficient (Wildman–Crippen LogP) is 3.60. The third kappa shape index (κ3) is 5.14. The van der Waals surface area contributed by atoms with Gasteiger partial charge in [0.05, 0.1) is 7.11 Å². The fourth-order valence-corrected chi connectivity index (χ4v) is 2.34. The normalized spacial score (nSPS) is 14.3. The lowest BCUT2D eigenvalue weighted by molar-refractivity contribution is 0.189. The molecular formula is C17H30N2O. The van der Waals surface area contributed by atoms with Crippen LogP contribution in [0.25, 0.3) is 0 Å². The number of rotatable bonds is 9. The van der Waals surface area contributed by atoms with E-state index in [2.05, 4.69) is 31.7 Å². The Kier molecular flexibility index (Phi) is 7.63. The summed E-state index contributed by atoms with van der Waals surface area (Å²) >= 11 is 0. The quantitative estimate of drug-likeness (QED) is 0.750. The van der Waals surface area contributed by atoms with E-state index >= 15 is 0 Å². The van der Waals surface area contributed by atoms with Gasteiger partial charge in [-0.1, -0.05) is 32.4 Å². The summed E-state index contributed by atoms with van der Waals surface area (Å²) in [6.45, 7) is 8.79. The Morgan fingerprint density at radius 2 is 2.05 bits per heavy atom. The van der Waals surface area contributed by atoms with Crippen LogP contribution in [0.15, 0.2) is 24.3 Å². The molecule has 0 amide bonds. The minimum Gasteiger partial charge on any atom is -0.497 e. The van der Waals surface area contributed by atoms with E-state index in [1.807, 2.05) is 18.2 Å². The lowest BCUT2D eigenvalue weighted by Gasteiger charge is -2.31. The maximum atomic E-state index is 6.39. The van der Waals surface area contributed by atoms with Crippen LogP contribution in [0.1, 0.15) is 51.6 Å². The molecule has 3 nitrogen and oxygen atoms in total. The van der Waals surface area contributed by atoms with Crippen LogP contribution in [0.4, 0.5) is 0 Å². The first-order chi connectivity index (χ1) is 9.62. The average molecular weight is 278 g/mol. The Morgan fingerprint density at radius 1 is 1.30 bits per heavy atom. The van der Waals surface area contributed by atoms with Crippen LogP contribution in [-0.4, -0.2) is 31.1 Å². The summed E-state index contributed by atoms with van der Waals surface area (Å²) in [5.74, 6) is 0.876. The van der Waals surface area contributed by atoms with E-state index in [9.17, 15) is 0 Å². The second kappa shape index (κ2) is 8.98. The topological polar surface area (TPSA) is 38.5 Å². The number of unbranched alkanes of at least 4 members (excludes halogenated alkanes) is 1. The Bertz CT molecular complexity index is 381. The average Bonchev–Trinajstić information content (AvgIpc) is 2.50. The second-order valence-corrected chi connectivity index (χ2v) is 5.49. The van der Waals surface area contributed by atoms with Gasteiger partial charge in [0.2, 0.25) is 0 Å². The lowest BCUT2D eigenvalue weighted by Crippen LogP contribution is -2.39. The highest BCUT2D eigenvalue weighted by Gasteiger charge is 2.16. The molecule has 0 aliphatic heterocycles. The molecule has 114 valence electrons. The zero-order chi connectivity index (χ0) is 15.0. The van der Waals surface area contributed by atoms with Crippen molar-refractivity contribution in [3.05, 3.63) is 29.8 Å². The van der Waals surface area contributed by atoms with Crippen molar-refractivity contribution in [1.82, 2.24) is 4.90 Å². The van der Waals surface area contributed by atoms with Gasteiger partial charge in [-0.3, -0.25) is 4.90 Å². The maximum absolute atomic E-state index is 6.39. The molecule has 0 heterocycles. The minimum atomic E-state index is 0.0379. The minimum absolute atomic E-state index is 0.0379. The van der Waals surface area contributed by atoms with Crippen LogP contribution >= 0.6 is 0 Å². The molecular weight excluding hydrogens is 248 g/mol. The number of methoxy groups -OCH3 is 1. The predicted molar refractivity (Wildman–Crippen MR) is 86.2 cm³/mol. The highest BCUT2D eigenvalue weighted by atomic mass is 16.5. The zero-order valence-electron chi connectivity index (χ0n) is 13.4. The fraction of sp³-hybridized carbons (Fsp3) is 0.647. The largest absolute Gasteiger partial charge is 0.497 e. The molecule has 20 heavy (non-hydrogen) atoms. The van der Waals surface area contributed by atoms with Gasteiger partial charge in [0.25, 0.3) is 0 Å². The van der Waals surface area contributed by atoms with Crippen molar-refractivity contribution in [3.8, 4) is 5.75 Å². The van der Waals surface area contributed by atoms with Gasteiger partial charge in [0.15, 0.2) is 0 Å². The molecule has 0 aromatic heterocycles. The first-order valence-corrected chi connectivity index (χ1v) is 7.75. The molecule has 2 N–H and O–H groups in total. The molecule has 0 bridgehead atoms. The van der Waals surface area contributed by atoms with E-state index in [-0.39, 0.29) is 6.04 Å². The Balaban J connectivity index is 2.70. The highest BCUT2D eigenvalue weighted by molar-refractivity contribution is 5.30. The van der Waals surface area contributed by atoms with Crippen LogP contribution in [0, 0.1) is 0 Å². The molecule has 0 fully saturated rings. The van der Waals surface area contributed by atoms with E-state index in [0.717, 1.165) is 30.8 Å². The first-order valence-electron chi connectivity index (χ1n) is 7.75. The van der Waals surface area contributed by atoms with Crippen molar-refractivity contribution >= 4 is 0 Å². The lowest BCUT2D eigenvalue weighted by atomic mass is 10.1. The summed E-state index contributed by atoms with van der Waals surface area (Å²) in [7, 11) is 1.69. The summed E-state index contributed by atoms with van der Waals surface area (Å²) in [6, 6.07) is 8.71. The fourth-order valence-electron chi connectivity index (χ4n) is 2.34. The van der Waals surface area contributed by atoms with Gasteiger partial charge in [-0.2, -0.15) is 0 Å². The van der Waals surface area contributed by atoms with E-state index < -0.39 is 0 Å². The zero-order valence-corrected chi connectivity index (χ0v) is 13.4. The molecule has 0 saturated heterocycles. The van der Waals surface area contributed by atoms with Gasteiger partial charge in [-0.25, -0.2) is 0 Å². The molecule has 2 unspecified atom stereocenters. The Hall–Kier alpha value is -1.06. The van der Waals surface area contributed by atoms with Gasteiger partial charge < -0.3 is 10.5 Å². The summed E-state index contributed by atoms with van der Waals surface area (Å²) in [5.41, 5.74) is 7.53.